The van der Waals surface area contributed by atoms with Crippen molar-refractivity contribution in [3.8, 4) is 0 Å². The molecule has 22 heavy (non-hydrogen) atoms. The fraction of sp³-hybridized carbons (Fsp3) is 0.188. The summed E-state index contributed by atoms with van der Waals surface area (Å²) in [5.74, 6) is -0.368. The van der Waals surface area contributed by atoms with E-state index in [-0.39, 0.29) is 17.2 Å². The van der Waals surface area contributed by atoms with Gasteiger partial charge in [-0.15, -0.1) is 11.8 Å². The number of rotatable bonds is 5. The number of nitrogens with one attached hydrogen (secondary N) is 1. The Morgan fingerprint density at radius 1 is 1.18 bits per heavy atom. The normalized spacial score (nSPS) is 10.5. The van der Waals surface area contributed by atoms with E-state index in [9.17, 15) is 14.9 Å². The Hall–Kier alpha value is -2.34. The van der Waals surface area contributed by atoms with E-state index in [4.69, 9.17) is 0 Å². The van der Waals surface area contributed by atoms with E-state index in [1.54, 1.807) is 17.8 Å². The summed E-state index contributed by atoms with van der Waals surface area (Å²) in [5, 5.41) is 14.0. The van der Waals surface area contributed by atoms with Gasteiger partial charge in [-0.05, 0) is 30.3 Å². The molecule has 0 fully saturated rings. The minimum absolute atomic E-state index is 0.101. The lowest BCUT2D eigenvalue weighted by Gasteiger charge is -2.08. The fourth-order valence-electron chi connectivity index (χ4n) is 1.85. The summed E-state index contributed by atoms with van der Waals surface area (Å²) in [7, 11) is 0. The molecule has 0 bridgehead atoms. The lowest BCUT2D eigenvalue weighted by molar-refractivity contribution is -0.384. The third-order valence-corrected chi connectivity index (χ3v) is 3.82. The van der Waals surface area contributed by atoms with Crippen molar-refractivity contribution in [1.29, 1.82) is 0 Å². The molecule has 0 spiro atoms. The van der Waals surface area contributed by atoms with Gasteiger partial charge in [0.15, 0.2) is 0 Å². The van der Waals surface area contributed by atoms with E-state index in [2.05, 4.69) is 19.2 Å². The number of non-ortho nitro benzene ring substituents is 1. The Labute approximate surface area is 132 Å². The van der Waals surface area contributed by atoms with Gasteiger partial charge in [0.1, 0.15) is 0 Å². The highest BCUT2D eigenvalue weighted by molar-refractivity contribution is 7.99. The maximum atomic E-state index is 12.1. The van der Waals surface area contributed by atoms with Crippen LogP contribution in [0.3, 0.4) is 0 Å². The van der Waals surface area contributed by atoms with Crippen molar-refractivity contribution in [3.63, 3.8) is 0 Å². The van der Waals surface area contributed by atoms with Crippen molar-refractivity contribution in [1.82, 2.24) is 0 Å². The average Bonchev–Trinajstić information content (AvgIpc) is 2.49. The summed E-state index contributed by atoms with van der Waals surface area (Å²) < 4.78 is 0. The van der Waals surface area contributed by atoms with Crippen LogP contribution in [0.5, 0.6) is 0 Å². The molecule has 1 N–H and O–H groups in total. The van der Waals surface area contributed by atoms with Crippen LogP contribution >= 0.6 is 11.8 Å². The van der Waals surface area contributed by atoms with Gasteiger partial charge in [-0.2, -0.15) is 0 Å². The molecule has 6 heteroatoms. The number of hydrogen-bond acceptors (Lipinski definition) is 4. The Bertz CT molecular complexity index is 684. The molecule has 0 saturated heterocycles. The Morgan fingerprint density at radius 2 is 1.86 bits per heavy atom. The van der Waals surface area contributed by atoms with Crippen LogP contribution in [0.25, 0.3) is 0 Å². The summed E-state index contributed by atoms with van der Waals surface area (Å²) in [6.07, 6.45) is 0. The van der Waals surface area contributed by atoms with Crippen LogP contribution in [-0.4, -0.2) is 16.1 Å². The highest BCUT2D eigenvalue weighted by Gasteiger charge is 2.11. The monoisotopic (exact) mass is 316 g/mol. The minimum atomic E-state index is -0.519. The third kappa shape index (κ3) is 4.33. The molecule has 0 aliphatic rings. The lowest BCUT2D eigenvalue weighted by atomic mass is 10.2. The van der Waals surface area contributed by atoms with Gasteiger partial charge < -0.3 is 5.32 Å². The van der Waals surface area contributed by atoms with Crippen LogP contribution in [0.15, 0.2) is 53.4 Å². The number of nitro groups is 1. The van der Waals surface area contributed by atoms with Gasteiger partial charge >= 0.3 is 0 Å². The van der Waals surface area contributed by atoms with Gasteiger partial charge in [-0.1, -0.05) is 19.9 Å². The first-order valence-electron chi connectivity index (χ1n) is 6.78. The number of carbonyl (C=O) groups excluding carboxylic acids is 1. The molecular formula is C16H16N2O3S. The number of anilines is 1. The molecule has 0 saturated carbocycles. The molecule has 114 valence electrons. The number of amides is 1. The zero-order valence-electron chi connectivity index (χ0n) is 12.3. The summed E-state index contributed by atoms with van der Waals surface area (Å²) in [5.41, 5.74) is 0.816. The Morgan fingerprint density at radius 3 is 2.45 bits per heavy atom. The number of carbonyl (C=O) groups is 1. The van der Waals surface area contributed by atoms with Crippen LogP contribution < -0.4 is 5.32 Å². The summed E-state index contributed by atoms with van der Waals surface area (Å²) in [4.78, 5) is 23.5. The van der Waals surface area contributed by atoms with Gasteiger partial charge in [0.05, 0.1) is 4.92 Å². The van der Waals surface area contributed by atoms with Crippen LogP contribution in [0.2, 0.25) is 0 Å². The molecular weight excluding hydrogens is 300 g/mol. The molecule has 0 aliphatic carbocycles. The molecule has 0 aromatic heterocycles. The molecule has 0 radical (unpaired) electrons. The smallest absolute Gasteiger partial charge is 0.270 e. The molecule has 2 aromatic rings. The molecule has 2 aromatic carbocycles. The van der Waals surface area contributed by atoms with Crippen LogP contribution in [0, 0.1) is 10.1 Å². The Balaban J connectivity index is 2.08. The predicted octanol–water partition coefficient (Wildman–Crippen LogP) is 4.35. The summed E-state index contributed by atoms with van der Waals surface area (Å²) in [6.45, 7) is 4.23. The number of thioether (sulfide) groups is 1. The van der Waals surface area contributed by atoms with E-state index in [0.29, 0.717) is 10.9 Å². The van der Waals surface area contributed by atoms with Crippen molar-refractivity contribution in [2.24, 2.45) is 0 Å². The van der Waals surface area contributed by atoms with E-state index >= 15 is 0 Å². The number of nitrogens with zero attached hydrogens (tertiary/aromatic N) is 1. The predicted molar refractivity (Wildman–Crippen MR) is 88.5 cm³/mol. The second kappa shape index (κ2) is 7.09. The third-order valence-electron chi connectivity index (χ3n) is 2.80. The van der Waals surface area contributed by atoms with E-state index < -0.39 is 4.92 Å². The zero-order chi connectivity index (χ0) is 16.1. The first kappa shape index (κ1) is 16.0. The molecule has 0 unspecified atom stereocenters. The lowest BCUT2D eigenvalue weighted by Crippen LogP contribution is -2.11. The second-order valence-corrected chi connectivity index (χ2v) is 6.60. The van der Waals surface area contributed by atoms with Gasteiger partial charge in [-0.25, -0.2) is 0 Å². The molecule has 0 heterocycles. The van der Waals surface area contributed by atoms with Crippen molar-refractivity contribution in [2.45, 2.75) is 24.0 Å². The standard InChI is InChI=1S/C16H16N2O3S/c1-11(2)22-15-8-6-13(7-9-15)17-16(19)12-4-3-5-14(10-12)18(20)21/h3-11H,1-2H3,(H,17,19). The number of hydrogen-bond donors (Lipinski definition) is 1. The zero-order valence-corrected chi connectivity index (χ0v) is 13.1. The molecule has 2 rings (SSSR count). The first-order chi connectivity index (χ1) is 10.5. The van der Waals surface area contributed by atoms with E-state index in [0.717, 1.165) is 4.90 Å². The maximum absolute atomic E-state index is 12.1. The van der Waals surface area contributed by atoms with Crippen molar-refractivity contribution >= 4 is 29.0 Å². The van der Waals surface area contributed by atoms with Gasteiger partial charge in [0.2, 0.25) is 0 Å². The molecule has 0 atom stereocenters. The van der Waals surface area contributed by atoms with Crippen LogP contribution in [0.4, 0.5) is 11.4 Å². The highest BCUT2D eigenvalue weighted by atomic mass is 32.2. The number of benzene rings is 2. The van der Waals surface area contributed by atoms with E-state index in [1.807, 2.05) is 24.3 Å². The molecule has 0 aliphatic heterocycles. The van der Waals surface area contributed by atoms with Crippen molar-refractivity contribution < 1.29 is 9.72 Å². The van der Waals surface area contributed by atoms with E-state index in [1.165, 1.54) is 18.2 Å². The maximum Gasteiger partial charge on any atom is 0.270 e. The quantitative estimate of drug-likeness (QED) is 0.506. The molecule has 5 nitrogen and oxygen atoms in total. The average molecular weight is 316 g/mol. The van der Waals surface area contributed by atoms with Gasteiger partial charge in [-0.3, -0.25) is 14.9 Å². The molecule has 1 amide bonds. The van der Waals surface area contributed by atoms with Crippen molar-refractivity contribution in [3.05, 3.63) is 64.2 Å². The number of nitro benzene ring substituents is 1. The van der Waals surface area contributed by atoms with Crippen LogP contribution in [-0.2, 0) is 0 Å². The topological polar surface area (TPSA) is 72.2 Å². The summed E-state index contributed by atoms with van der Waals surface area (Å²) in [6, 6.07) is 13.2. The second-order valence-electron chi connectivity index (χ2n) is 4.95. The fourth-order valence-corrected chi connectivity index (χ4v) is 2.69. The van der Waals surface area contributed by atoms with Gasteiger partial charge in [0.25, 0.3) is 11.6 Å². The van der Waals surface area contributed by atoms with Crippen LogP contribution in [0.1, 0.15) is 24.2 Å². The highest BCUT2D eigenvalue weighted by Crippen LogP contribution is 2.24. The largest absolute Gasteiger partial charge is 0.322 e. The minimum Gasteiger partial charge on any atom is -0.322 e. The van der Waals surface area contributed by atoms with Crippen molar-refractivity contribution in [2.75, 3.05) is 5.32 Å². The van der Waals surface area contributed by atoms with Gasteiger partial charge in [0, 0.05) is 33.5 Å². The first-order valence-corrected chi connectivity index (χ1v) is 7.66. The summed E-state index contributed by atoms with van der Waals surface area (Å²) >= 11 is 1.74. The SMILES string of the molecule is CC(C)Sc1ccc(NC(=O)c2cccc([N+](=O)[O-])c2)cc1. The Kier molecular flexibility index (Phi) is 5.16.